The van der Waals surface area contributed by atoms with Crippen LogP contribution in [-0.2, 0) is 9.53 Å². The van der Waals surface area contributed by atoms with E-state index >= 15 is 0 Å². The number of hydrogen-bond acceptors (Lipinski definition) is 7. The number of esters is 1. The number of likely N-dealkylation sites (N-methyl/N-ethyl adjacent to an activating group) is 1. The van der Waals surface area contributed by atoms with Crippen molar-refractivity contribution in [2.24, 2.45) is 4.99 Å². The minimum atomic E-state index is -0.413. The van der Waals surface area contributed by atoms with Gasteiger partial charge < -0.3 is 14.2 Å². The maximum Gasteiger partial charge on any atom is 0.337 e. The largest absolute Gasteiger partial charge is 0.497 e. The van der Waals surface area contributed by atoms with Crippen molar-refractivity contribution in [1.82, 2.24) is 4.90 Å². The Bertz CT molecular complexity index is 999. The van der Waals surface area contributed by atoms with Crippen molar-refractivity contribution < 1.29 is 23.8 Å². The van der Waals surface area contributed by atoms with Crippen molar-refractivity contribution in [2.75, 3.05) is 28.4 Å². The fraction of sp³-hybridized carbons (Fsp3) is 0.190. The molecule has 1 aliphatic rings. The molecule has 3 rings (SSSR count). The summed E-state index contributed by atoms with van der Waals surface area (Å²) in [7, 11) is 6.15. The number of aliphatic imine (C=N–C) groups is 1. The maximum absolute atomic E-state index is 12.7. The first-order chi connectivity index (χ1) is 14.0. The Morgan fingerprint density at radius 1 is 1.07 bits per heavy atom. The highest BCUT2D eigenvalue weighted by Gasteiger charge is 2.30. The van der Waals surface area contributed by atoms with Gasteiger partial charge in [0.25, 0.3) is 5.91 Å². The number of nitrogens with zero attached hydrogens (tertiary/aromatic N) is 2. The molecule has 0 radical (unpaired) electrons. The van der Waals surface area contributed by atoms with Crippen LogP contribution in [0.2, 0.25) is 0 Å². The lowest BCUT2D eigenvalue weighted by molar-refractivity contribution is -0.121. The molecule has 150 valence electrons. The molecule has 1 fully saturated rings. The van der Waals surface area contributed by atoms with Crippen LogP contribution in [0.3, 0.4) is 0 Å². The Labute approximate surface area is 173 Å². The summed E-state index contributed by atoms with van der Waals surface area (Å²) in [5, 5.41) is 0.536. The molecule has 2 aromatic carbocycles. The van der Waals surface area contributed by atoms with Crippen LogP contribution in [-0.4, -0.2) is 50.3 Å². The minimum absolute atomic E-state index is 0.162. The van der Waals surface area contributed by atoms with E-state index in [2.05, 4.69) is 9.73 Å². The average Bonchev–Trinajstić information content (AvgIpc) is 3.01. The van der Waals surface area contributed by atoms with Crippen LogP contribution < -0.4 is 9.47 Å². The van der Waals surface area contributed by atoms with E-state index in [0.29, 0.717) is 32.8 Å². The summed E-state index contributed by atoms with van der Waals surface area (Å²) in [6.45, 7) is 0. The van der Waals surface area contributed by atoms with Gasteiger partial charge in [-0.05, 0) is 60.3 Å². The first kappa shape index (κ1) is 20.5. The Kier molecular flexibility index (Phi) is 6.23. The summed E-state index contributed by atoms with van der Waals surface area (Å²) in [5.74, 6) is 0.730. The van der Waals surface area contributed by atoms with Crippen molar-refractivity contribution in [3.05, 3.63) is 58.5 Å². The number of rotatable bonds is 5. The molecule has 0 unspecified atom stereocenters. The Morgan fingerprint density at radius 2 is 1.79 bits per heavy atom. The van der Waals surface area contributed by atoms with Crippen molar-refractivity contribution >= 4 is 40.6 Å². The molecule has 0 atom stereocenters. The number of carbonyl (C=O) groups excluding carboxylic acids is 2. The van der Waals surface area contributed by atoms with E-state index in [1.54, 1.807) is 69.8 Å². The lowest BCUT2D eigenvalue weighted by Crippen LogP contribution is -2.23. The van der Waals surface area contributed by atoms with Gasteiger partial charge in [0, 0.05) is 12.6 Å². The highest BCUT2D eigenvalue weighted by molar-refractivity contribution is 8.18. The quantitative estimate of drug-likeness (QED) is 0.550. The molecule has 0 saturated carbocycles. The highest BCUT2D eigenvalue weighted by atomic mass is 32.2. The molecular weight excluding hydrogens is 392 g/mol. The molecule has 0 aliphatic carbocycles. The Balaban J connectivity index is 1.89. The van der Waals surface area contributed by atoms with Crippen LogP contribution in [0.15, 0.2) is 52.4 Å². The van der Waals surface area contributed by atoms with Gasteiger partial charge in [0.05, 0.1) is 37.5 Å². The zero-order valence-corrected chi connectivity index (χ0v) is 17.3. The summed E-state index contributed by atoms with van der Waals surface area (Å²) in [6.07, 6.45) is 1.76. The van der Waals surface area contributed by atoms with Crippen LogP contribution in [0.25, 0.3) is 6.08 Å². The summed E-state index contributed by atoms with van der Waals surface area (Å²) < 4.78 is 15.3. The zero-order chi connectivity index (χ0) is 21.0. The number of amidine groups is 1. The summed E-state index contributed by atoms with van der Waals surface area (Å²) in [6, 6.07) is 12.0. The SMILES string of the molecule is COC(=O)c1ccc(N=C2SC(=Cc3cc(OC)ccc3OC)C(=O)N2C)cc1. The van der Waals surface area contributed by atoms with Crippen molar-refractivity contribution in [2.45, 2.75) is 0 Å². The number of carbonyl (C=O) groups is 2. The molecule has 1 amide bonds. The fourth-order valence-corrected chi connectivity index (χ4v) is 3.62. The standard InChI is InChI=1S/C21H20N2O5S/c1-23-19(24)18(12-14-11-16(26-2)9-10-17(14)27-3)29-21(23)22-15-7-5-13(6-8-15)20(25)28-4/h5-12H,1-4H3. The van der Waals surface area contributed by atoms with Gasteiger partial charge in [0.1, 0.15) is 11.5 Å². The number of methoxy groups -OCH3 is 3. The highest BCUT2D eigenvalue weighted by Crippen LogP contribution is 2.35. The smallest absolute Gasteiger partial charge is 0.337 e. The van der Waals surface area contributed by atoms with Gasteiger partial charge in [-0.2, -0.15) is 0 Å². The molecule has 29 heavy (non-hydrogen) atoms. The normalized spacial score (nSPS) is 16.4. The molecule has 2 aromatic rings. The molecule has 0 bridgehead atoms. The van der Waals surface area contributed by atoms with Crippen molar-refractivity contribution in [1.29, 1.82) is 0 Å². The van der Waals surface area contributed by atoms with E-state index in [1.165, 1.54) is 23.8 Å². The molecule has 7 nitrogen and oxygen atoms in total. The number of ether oxygens (including phenoxy) is 3. The van der Waals surface area contributed by atoms with Crippen LogP contribution in [0.1, 0.15) is 15.9 Å². The maximum atomic E-state index is 12.7. The topological polar surface area (TPSA) is 77.4 Å². The fourth-order valence-electron chi connectivity index (χ4n) is 2.65. The Hall–Kier alpha value is -3.26. The average molecular weight is 412 g/mol. The second kappa shape index (κ2) is 8.83. The summed E-state index contributed by atoms with van der Waals surface area (Å²) in [5.41, 5.74) is 1.80. The van der Waals surface area contributed by atoms with E-state index in [4.69, 9.17) is 9.47 Å². The third kappa shape index (κ3) is 4.43. The third-order valence-electron chi connectivity index (χ3n) is 4.24. The number of hydrogen-bond donors (Lipinski definition) is 0. The molecule has 0 N–H and O–H groups in total. The van der Waals surface area contributed by atoms with E-state index in [-0.39, 0.29) is 5.91 Å². The number of thioether (sulfide) groups is 1. The zero-order valence-electron chi connectivity index (χ0n) is 16.5. The molecule has 0 aromatic heterocycles. The van der Waals surface area contributed by atoms with E-state index < -0.39 is 5.97 Å². The number of amides is 1. The van der Waals surface area contributed by atoms with Gasteiger partial charge in [-0.15, -0.1) is 0 Å². The second-order valence-corrected chi connectivity index (χ2v) is 7.02. The van der Waals surface area contributed by atoms with Crippen LogP contribution in [0.5, 0.6) is 11.5 Å². The minimum Gasteiger partial charge on any atom is -0.497 e. The number of benzene rings is 2. The first-order valence-electron chi connectivity index (χ1n) is 8.63. The molecule has 8 heteroatoms. The predicted octanol–water partition coefficient (Wildman–Crippen LogP) is 3.72. The lowest BCUT2D eigenvalue weighted by atomic mass is 10.1. The molecule has 1 heterocycles. The first-order valence-corrected chi connectivity index (χ1v) is 9.45. The molecule has 1 aliphatic heterocycles. The van der Waals surface area contributed by atoms with Gasteiger partial charge in [-0.3, -0.25) is 9.69 Å². The monoisotopic (exact) mass is 412 g/mol. The molecular formula is C21H20N2O5S. The van der Waals surface area contributed by atoms with Gasteiger partial charge in [0.2, 0.25) is 0 Å². The van der Waals surface area contributed by atoms with Crippen LogP contribution in [0, 0.1) is 0 Å². The van der Waals surface area contributed by atoms with Gasteiger partial charge in [-0.1, -0.05) is 0 Å². The molecule has 0 spiro atoms. The van der Waals surface area contributed by atoms with E-state index in [0.717, 1.165) is 5.56 Å². The summed E-state index contributed by atoms with van der Waals surface area (Å²) in [4.78, 5) is 30.7. The Morgan fingerprint density at radius 3 is 2.41 bits per heavy atom. The van der Waals surface area contributed by atoms with Gasteiger partial charge in [0.15, 0.2) is 5.17 Å². The van der Waals surface area contributed by atoms with Crippen LogP contribution >= 0.6 is 11.8 Å². The second-order valence-electron chi connectivity index (χ2n) is 6.02. The third-order valence-corrected chi connectivity index (χ3v) is 5.30. The predicted molar refractivity (Wildman–Crippen MR) is 113 cm³/mol. The van der Waals surface area contributed by atoms with Crippen molar-refractivity contribution in [3.63, 3.8) is 0 Å². The van der Waals surface area contributed by atoms with Gasteiger partial charge in [-0.25, -0.2) is 9.79 Å². The van der Waals surface area contributed by atoms with Gasteiger partial charge >= 0.3 is 5.97 Å². The van der Waals surface area contributed by atoms with Crippen molar-refractivity contribution in [3.8, 4) is 11.5 Å². The van der Waals surface area contributed by atoms with Crippen LogP contribution in [0.4, 0.5) is 5.69 Å². The van der Waals surface area contributed by atoms with E-state index in [9.17, 15) is 9.59 Å². The molecule has 1 saturated heterocycles. The van der Waals surface area contributed by atoms with E-state index in [1.807, 2.05) is 0 Å². The summed E-state index contributed by atoms with van der Waals surface area (Å²) >= 11 is 1.26. The lowest BCUT2D eigenvalue weighted by Gasteiger charge is -2.08.